The van der Waals surface area contributed by atoms with Crippen LogP contribution >= 0.6 is 11.3 Å². The van der Waals surface area contributed by atoms with Gasteiger partial charge in [-0.15, -0.1) is 0 Å². The molecule has 2 aromatic carbocycles. The van der Waals surface area contributed by atoms with Crippen molar-refractivity contribution in [3.05, 3.63) is 73.6 Å². The zero-order chi connectivity index (χ0) is 22.3. The van der Waals surface area contributed by atoms with E-state index in [2.05, 4.69) is 27.4 Å². The molecule has 0 fully saturated rings. The fraction of sp³-hybridized carbons (Fsp3) is 0.174. The van der Waals surface area contributed by atoms with Gasteiger partial charge in [0.15, 0.2) is 6.79 Å². The summed E-state index contributed by atoms with van der Waals surface area (Å²) in [6.07, 6.45) is 1.77. The molecular formula is C23H21IN3O4S-. The number of anilines is 1. The molecule has 0 saturated carbocycles. The van der Waals surface area contributed by atoms with Crippen LogP contribution in [0.25, 0.3) is 10.2 Å². The molecule has 1 amide bonds. The fourth-order valence-electron chi connectivity index (χ4n) is 2.73. The van der Waals surface area contributed by atoms with E-state index >= 15 is 0 Å². The molecule has 0 saturated heterocycles. The molecular weight excluding hydrogens is 541 g/mol. The van der Waals surface area contributed by atoms with Gasteiger partial charge in [0.1, 0.15) is 0 Å². The predicted octanol–water partition coefficient (Wildman–Crippen LogP) is 1.45. The zero-order valence-electron chi connectivity index (χ0n) is 17.5. The first-order valence-electron chi connectivity index (χ1n) is 9.82. The van der Waals surface area contributed by atoms with E-state index in [1.54, 1.807) is 19.4 Å². The number of fused-ring (bicyclic) bond motifs is 1. The van der Waals surface area contributed by atoms with Gasteiger partial charge in [0.05, 0.1) is 0 Å². The van der Waals surface area contributed by atoms with Crippen molar-refractivity contribution in [2.75, 3.05) is 25.8 Å². The van der Waals surface area contributed by atoms with Gasteiger partial charge in [0.25, 0.3) is 0 Å². The van der Waals surface area contributed by atoms with E-state index in [1.807, 2.05) is 43.3 Å². The number of nitrogens with one attached hydrogen (secondary N) is 1. The van der Waals surface area contributed by atoms with E-state index in [9.17, 15) is 4.79 Å². The second kappa shape index (κ2) is 10.7. The Morgan fingerprint density at radius 3 is 2.56 bits per heavy atom. The Balaban J connectivity index is 1.39. The van der Waals surface area contributed by atoms with Crippen LogP contribution < -0.4 is 36.0 Å². The van der Waals surface area contributed by atoms with Crippen molar-refractivity contribution in [1.82, 2.24) is 9.97 Å². The zero-order valence-corrected chi connectivity index (χ0v) is 20.5. The number of aromatic nitrogens is 2. The molecule has 0 spiro atoms. The van der Waals surface area contributed by atoms with E-state index in [-0.39, 0.29) is 33.9 Å². The molecule has 1 N–H and O–H groups in total. The SMILES string of the molecule is CCOCOc1ccc2nc(NC(=O)c3ccc([I-]c4ccc(OC)cc4)cn3)sc2c1. The van der Waals surface area contributed by atoms with Gasteiger partial charge in [-0.3, -0.25) is 0 Å². The average Bonchev–Trinajstić information content (AvgIpc) is 3.21. The van der Waals surface area contributed by atoms with Crippen molar-refractivity contribution in [3.8, 4) is 11.5 Å². The minimum atomic E-state index is -0.375. The molecule has 0 atom stereocenters. The molecule has 9 heteroatoms. The number of benzene rings is 2. The molecule has 0 radical (unpaired) electrons. The van der Waals surface area contributed by atoms with E-state index in [1.165, 1.54) is 14.9 Å². The normalized spacial score (nSPS) is 10.9. The number of hydrogen-bond donors (Lipinski definition) is 1. The quantitative estimate of drug-likeness (QED) is 0.189. The van der Waals surface area contributed by atoms with Crippen molar-refractivity contribution in [1.29, 1.82) is 0 Å². The number of thiazole rings is 1. The van der Waals surface area contributed by atoms with Crippen LogP contribution in [0, 0.1) is 7.14 Å². The topological polar surface area (TPSA) is 82.6 Å². The molecule has 0 aliphatic carbocycles. The van der Waals surface area contributed by atoms with Crippen LogP contribution in [-0.2, 0) is 4.74 Å². The molecule has 0 bridgehead atoms. The molecule has 4 aromatic rings. The molecule has 32 heavy (non-hydrogen) atoms. The van der Waals surface area contributed by atoms with Gasteiger partial charge >= 0.3 is 176 Å². The standard InChI is InChI=1S/C23H21IN3O4S/c1-3-30-14-31-18-9-11-19-21(12-18)32-23(26-19)27-22(28)20-10-6-16(13-25-20)24-15-4-7-17(29-2)8-5-15/h4-13H,3,14H2,1-2H3,(H,26,27,28)/q-1. The Morgan fingerprint density at radius 1 is 1.06 bits per heavy atom. The summed E-state index contributed by atoms with van der Waals surface area (Å²) in [4.78, 5) is 21.4. The number of amides is 1. The van der Waals surface area contributed by atoms with Gasteiger partial charge < -0.3 is 4.74 Å². The van der Waals surface area contributed by atoms with Crippen LogP contribution in [0.4, 0.5) is 5.13 Å². The van der Waals surface area contributed by atoms with Crippen LogP contribution in [0.15, 0.2) is 60.8 Å². The Kier molecular flexibility index (Phi) is 7.51. The fourth-order valence-corrected chi connectivity index (χ4v) is 5.69. The van der Waals surface area contributed by atoms with E-state index in [0.717, 1.165) is 19.5 Å². The molecule has 7 nitrogen and oxygen atoms in total. The predicted molar refractivity (Wildman–Crippen MR) is 119 cm³/mol. The minimum absolute atomic E-state index is 0.201. The number of carbonyl (C=O) groups is 1. The van der Waals surface area contributed by atoms with Gasteiger partial charge in [-0.25, -0.2) is 0 Å². The van der Waals surface area contributed by atoms with Crippen molar-refractivity contribution in [2.24, 2.45) is 0 Å². The van der Waals surface area contributed by atoms with Crippen molar-refractivity contribution in [3.63, 3.8) is 0 Å². The molecule has 2 aromatic heterocycles. The molecule has 166 valence electrons. The second-order valence-electron chi connectivity index (χ2n) is 6.47. The monoisotopic (exact) mass is 562 g/mol. The summed E-state index contributed by atoms with van der Waals surface area (Å²) in [6.45, 7) is 2.71. The third-order valence-electron chi connectivity index (χ3n) is 4.32. The number of rotatable bonds is 9. The van der Waals surface area contributed by atoms with Gasteiger partial charge in [-0.2, -0.15) is 0 Å². The van der Waals surface area contributed by atoms with Gasteiger partial charge in [0, 0.05) is 6.61 Å². The molecule has 4 rings (SSSR count). The summed E-state index contributed by atoms with van der Waals surface area (Å²) < 4.78 is 19.2. The van der Waals surface area contributed by atoms with Crippen LogP contribution in [0.2, 0.25) is 0 Å². The molecule has 0 aliphatic rings. The molecule has 2 heterocycles. The Hall–Kier alpha value is -2.76. The summed E-state index contributed by atoms with van der Waals surface area (Å²) in [6, 6.07) is 17.3. The van der Waals surface area contributed by atoms with E-state index in [4.69, 9.17) is 14.2 Å². The van der Waals surface area contributed by atoms with Crippen LogP contribution in [-0.4, -0.2) is 36.4 Å². The van der Waals surface area contributed by atoms with Crippen molar-refractivity contribution >= 4 is 32.6 Å². The number of methoxy groups -OCH3 is 1. The van der Waals surface area contributed by atoms with Crippen molar-refractivity contribution in [2.45, 2.75) is 6.92 Å². The van der Waals surface area contributed by atoms with Gasteiger partial charge in [0.2, 0.25) is 0 Å². The third-order valence-corrected chi connectivity index (χ3v) is 7.86. The Labute approximate surface area is 200 Å². The maximum absolute atomic E-state index is 12.6. The summed E-state index contributed by atoms with van der Waals surface area (Å²) in [5.74, 6) is 1.25. The number of pyridine rings is 1. The van der Waals surface area contributed by atoms with E-state index < -0.39 is 0 Å². The van der Waals surface area contributed by atoms with Gasteiger partial charge in [-0.05, 0) is 6.92 Å². The van der Waals surface area contributed by atoms with Crippen LogP contribution in [0.5, 0.6) is 11.5 Å². The first-order chi connectivity index (χ1) is 15.6. The summed E-state index contributed by atoms with van der Waals surface area (Å²) in [5, 5.41) is 3.35. The third kappa shape index (κ3) is 5.72. The van der Waals surface area contributed by atoms with Gasteiger partial charge in [-0.1, -0.05) is 0 Å². The summed E-state index contributed by atoms with van der Waals surface area (Å²) in [5.41, 5.74) is 1.15. The van der Waals surface area contributed by atoms with E-state index in [0.29, 0.717) is 23.2 Å². The number of hydrogen-bond acceptors (Lipinski definition) is 7. The van der Waals surface area contributed by atoms with Crippen LogP contribution in [0.3, 0.4) is 0 Å². The summed E-state index contributed by atoms with van der Waals surface area (Å²) in [7, 11) is 1.65. The first kappa shape index (κ1) is 22.4. The van der Waals surface area contributed by atoms with Crippen molar-refractivity contribution < 1.29 is 40.2 Å². The number of halogens is 1. The Bertz CT molecular complexity index is 1200. The first-order valence-corrected chi connectivity index (χ1v) is 12.8. The molecule has 0 aliphatic heterocycles. The number of carbonyl (C=O) groups excluding carboxylic acids is 1. The van der Waals surface area contributed by atoms with Crippen LogP contribution in [0.1, 0.15) is 17.4 Å². The number of nitrogens with zero attached hydrogens (tertiary/aromatic N) is 2. The maximum atomic E-state index is 12.6. The second-order valence-corrected chi connectivity index (χ2v) is 10.5. The average molecular weight is 562 g/mol. The number of ether oxygens (including phenoxy) is 3. The Morgan fingerprint density at radius 2 is 1.84 bits per heavy atom. The molecule has 0 unspecified atom stereocenters. The summed E-state index contributed by atoms with van der Waals surface area (Å²) >= 11 is 1.01.